The maximum atomic E-state index is 11.0. The lowest BCUT2D eigenvalue weighted by Crippen LogP contribution is -2.04. The van der Waals surface area contributed by atoms with E-state index in [1.165, 1.54) is 13.2 Å². The van der Waals surface area contributed by atoms with Crippen molar-refractivity contribution in [1.82, 2.24) is 0 Å². The molecule has 0 aliphatic carbocycles. The van der Waals surface area contributed by atoms with Crippen molar-refractivity contribution in [3.05, 3.63) is 59.2 Å². The van der Waals surface area contributed by atoms with E-state index in [9.17, 15) is 9.90 Å². The van der Waals surface area contributed by atoms with Crippen LogP contribution in [0.25, 0.3) is 6.08 Å². The van der Waals surface area contributed by atoms with Crippen LogP contribution in [-0.2, 0) is 9.53 Å². The van der Waals surface area contributed by atoms with Gasteiger partial charge in [-0.25, -0.2) is 4.79 Å². The summed E-state index contributed by atoms with van der Waals surface area (Å²) in [6, 6.07) is 7.42. The second-order valence-corrected chi connectivity index (χ2v) is 5.80. The van der Waals surface area contributed by atoms with Gasteiger partial charge >= 0.3 is 5.97 Å². The summed E-state index contributed by atoms with van der Waals surface area (Å²) >= 11 is 0. The zero-order valence-corrected chi connectivity index (χ0v) is 14.8. The van der Waals surface area contributed by atoms with Gasteiger partial charge in [-0.05, 0) is 57.0 Å². The summed E-state index contributed by atoms with van der Waals surface area (Å²) in [5.74, 6) is 0.366. The van der Waals surface area contributed by atoms with Crippen LogP contribution in [0.2, 0.25) is 0 Å². The molecular weight excluding hydrogens is 304 g/mol. The molecule has 4 nitrogen and oxygen atoms in total. The second kappa shape index (κ2) is 10.4. The minimum Gasteiger partial charge on any atom is -0.490 e. The molecule has 0 bridgehead atoms. The maximum absolute atomic E-state index is 11.0. The van der Waals surface area contributed by atoms with Crippen LogP contribution in [-0.4, -0.2) is 30.9 Å². The lowest BCUT2D eigenvalue weighted by molar-refractivity contribution is -0.134. The van der Waals surface area contributed by atoms with E-state index in [1.807, 2.05) is 57.2 Å². The van der Waals surface area contributed by atoms with Crippen LogP contribution in [0, 0.1) is 0 Å². The van der Waals surface area contributed by atoms with Crippen molar-refractivity contribution >= 4 is 12.0 Å². The molecule has 0 fully saturated rings. The molecule has 0 aliphatic rings. The molecule has 0 heterocycles. The highest BCUT2D eigenvalue weighted by molar-refractivity contribution is 5.86. The second-order valence-electron chi connectivity index (χ2n) is 5.80. The van der Waals surface area contributed by atoms with Crippen LogP contribution < -0.4 is 4.74 Å². The van der Waals surface area contributed by atoms with Gasteiger partial charge in [0, 0.05) is 6.08 Å². The Morgan fingerprint density at radius 1 is 1.21 bits per heavy atom. The van der Waals surface area contributed by atoms with Crippen LogP contribution in [0.1, 0.15) is 32.8 Å². The van der Waals surface area contributed by atoms with Crippen molar-refractivity contribution in [2.45, 2.75) is 33.3 Å². The van der Waals surface area contributed by atoms with Crippen LogP contribution in [0.4, 0.5) is 0 Å². The zero-order valence-electron chi connectivity index (χ0n) is 14.8. The monoisotopic (exact) mass is 330 g/mol. The Balaban J connectivity index is 2.47. The number of aliphatic hydroxyl groups excluding tert-OH is 1. The topological polar surface area (TPSA) is 55.8 Å². The van der Waals surface area contributed by atoms with Crippen molar-refractivity contribution < 1.29 is 19.4 Å². The molecule has 0 saturated heterocycles. The molecule has 0 amide bonds. The van der Waals surface area contributed by atoms with Gasteiger partial charge in [0.2, 0.25) is 0 Å². The first-order valence-corrected chi connectivity index (χ1v) is 7.88. The lowest BCUT2D eigenvalue weighted by atomic mass is 10.1. The number of allylic oxidation sites excluding steroid dienone is 1. The first-order chi connectivity index (χ1) is 11.4. The van der Waals surface area contributed by atoms with E-state index in [4.69, 9.17) is 4.74 Å². The maximum Gasteiger partial charge on any atom is 0.330 e. The Hall–Kier alpha value is -2.33. The normalized spacial score (nSPS) is 12.8. The number of benzene rings is 1. The fourth-order valence-electron chi connectivity index (χ4n) is 2.04. The Kier molecular flexibility index (Phi) is 8.58. The Bertz CT molecular complexity index is 605. The molecule has 1 atom stereocenters. The summed E-state index contributed by atoms with van der Waals surface area (Å²) in [6.45, 7) is 6.36. The highest BCUT2D eigenvalue weighted by Crippen LogP contribution is 2.14. The summed E-state index contributed by atoms with van der Waals surface area (Å²) < 4.78 is 10.2. The Morgan fingerprint density at radius 2 is 1.88 bits per heavy atom. The standard InChI is InChI=1S/C20H26O4/c1-15(2)13-18(21)14-16(3)11-12-24-19-8-5-17(6-9-19)7-10-20(22)23-4/h5-11,13,18,21H,12,14H2,1-4H3. The molecule has 24 heavy (non-hydrogen) atoms. The molecule has 1 unspecified atom stereocenters. The molecule has 1 aromatic carbocycles. The number of aliphatic hydroxyl groups is 1. The third kappa shape index (κ3) is 8.34. The molecule has 0 spiro atoms. The van der Waals surface area contributed by atoms with Crippen LogP contribution >= 0.6 is 0 Å². The third-order valence-corrected chi connectivity index (χ3v) is 3.23. The first-order valence-electron chi connectivity index (χ1n) is 7.88. The van der Waals surface area contributed by atoms with Gasteiger partial charge in [-0.2, -0.15) is 0 Å². The van der Waals surface area contributed by atoms with Gasteiger partial charge in [0.1, 0.15) is 12.4 Å². The quantitative estimate of drug-likeness (QED) is 0.446. The van der Waals surface area contributed by atoms with Crippen molar-refractivity contribution in [3.63, 3.8) is 0 Å². The van der Waals surface area contributed by atoms with Crippen molar-refractivity contribution in [2.24, 2.45) is 0 Å². The van der Waals surface area contributed by atoms with Gasteiger partial charge in [0.15, 0.2) is 0 Å². The predicted molar refractivity (Wildman–Crippen MR) is 96.8 cm³/mol. The van der Waals surface area contributed by atoms with Gasteiger partial charge in [0.05, 0.1) is 13.2 Å². The van der Waals surface area contributed by atoms with E-state index in [2.05, 4.69) is 4.74 Å². The summed E-state index contributed by atoms with van der Waals surface area (Å²) in [6.07, 6.45) is 7.02. The molecule has 130 valence electrons. The number of hydrogen-bond acceptors (Lipinski definition) is 4. The Morgan fingerprint density at radius 3 is 2.46 bits per heavy atom. The molecule has 1 rings (SSSR count). The molecule has 0 aliphatic heterocycles. The van der Waals surface area contributed by atoms with E-state index in [-0.39, 0.29) is 5.97 Å². The van der Waals surface area contributed by atoms with Gasteiger partial charge in [-0.3, -0.25) is 0 Å². The molecule has 0 radical (unpaired) electrons. The van der Waals surface area contributed by atoms with Crippen molar-refractivity contribution in [2.75, 3.05) is 13.7 Å². The van der Waals surface area contributed by atoms with Crippen LogP contribution in [0.5, 0.6) is 5.75 Å². The van der Waals surface area contributed by atoms with Gasteiger partial charge in [0.25, 0.3) is 0 Å². The lowest BCUT2D eigenvalue weighted by Gasteiger charge is -2.08. The van der Waals surface area contributed by atoms with E-state index < -0.39 is 6.10 Å². The molecule has 4 heteroatoms. The molecule has 0 aromatic heterocycles. The number of rotatable bonds is 8. The summed E-state index contributed by atoms with van der Waals surface area (Å²) in [5.41, 5.74) is 3.08. The van der Waals surface area contributed by atoms with E-state index in [0.29, 0.717) is 13.0 Å². The molecule has 0 saturated carbocycles. The largest absolute Gasteiger partial charge is 0.490 e. The highest BCUT2D eigenvalue weighted by Gasteiger charge is 2.01. The van der Waals surface area contributed by atoms with Crippen molar-refractivity contribution in [1.29, 1.82) is 0 Å². The molecule has 1 N–H and O–H groups in total. The van der Waals surface area contributed by atoms with Crippen LogP contribution in [0.3, 0.4) is 0 Å². The highest BCUT2D eigenvalue weighted by atomic mass is 16.5. The average Bonchev–Trinajstić information content (AvgIpc) is 2.52. The van der Waals surface area contributed by atoms with E-state index in [0.717, 1.165) is 22.5 Å². The van der Waals surface area contributed by atoms with Gasteiger partial charge < -0.3 is 14.6 Å². The number of ether oxygens (including phenoxy) is 2. The summed E-state index contributed by atoms with van der Waals surface area (Å²) in [4.78, 5) is 11.0. The number of carbonyl (C=O) groups is 1. The summed E-state index contributed by atoms with van der Waals surface area (Å²) in [7, 11) is 1.35. The van der Waals surface area contributed by atoms with E-state index >= 15 is 0 Å². The number of methoxy groups -OCH3 is 1. The number of hydrogen-bond donors (Lipinski definition) is 1. The SMILES string of the molecule is COC(=O)C=Cc1ccc(OCC=C(C)CC(O)C=C(C)C)cc1. The average molecular weight is 330 g/mol. The minimum atomic E-state index is -0.452. The Labute approximate surface area is 144 Å². The molecule has 1 aromatic rings. The first kappa shape index (κ1) is 19.7. The van der Waals surface area contributed by atoms with Crippen LogP contribution in [0.15, 0.2) is 53.6 Å². The number of esters is 1. The summed E-state index contributed by atoms with van der Waals surface area (Å²) in [5, 5.41) is 9.85. The fraction of sp³-hybridized carbons (Fsp3) is 0.350. The minimum absolute atomic E-state index is 0.383. The van der Waals surface area contributed by atoms with Gasteiger partial charge in [-0.15, -0.1) is 0 Å². The van der Waals surface area contributed by atoms with Gasteiger partial charge in [-0.1, -0.05) is 29.4 Å². The fourth-order valence-corrected chi connectivity index (χ4v) is 2.04. The smallest absolute Gasteiger partial charge is 0.330 e. The molecular formula is C20H26O4. The van der Waals surface area contributed by atoms with Crippen molar-refractivity contribution in [3.8, 4) is 5.75 Å². The van der Waals surface area contributed by atoms with E-state index in [1.54, 1.807) is 6.08 Å². The zero-order chi connectivity index (χ0) is 17.9. The number of carbonyl (C=O) groups excluding carboxylic acids is 1. The third-order valence-electron chi connectivity index (χ3n) is 3.23. The predicted octanol–water partition coefficient (Wildman–Crippen LogP) is 3.92.